The fraction of sp³-hybridized carbons (Fsp3) is 0.429. The van der Waals surface area contributed by atoms with Gasteiger partial charge < -0.3 is 29.0 Å². The molecule has 146 valence electrons. The molecule has 2 aromatic rings. The molecule has 1 heterocycles. The van der Waals surface area contributed by atoms with Crippen LogP contribution in [0.25, 0.3) is 0 Å². The van der Waals surface area contributed by atoms with Gasteiger partial charge in [-0.15, -0.1) is 0 Å². The topological polar surface area (TPSA) is 60.4 Å². The summed E-state index contributed by atoms with van der Waals surface area (Å²) in [6, 6.07) is 13.7. The highest BCUT2D eigenvalue weighted by atomic mass is 16.7. The minimum atomic E-state index is -0.553. The first-order valence-corrected chi connectivity index (χ1v) is 9.12. The Balaban J connectivity index is 1.31. The van der Waals surface area contributed by atoms with Crippen molar-refractivity contribution in [2.24, 2.45) is 0 Å². The number of likely N-dealkylation sites (N-methyl/N-ethyl adjacent to an activating group) is 1. The van der Waals surface area contributed by atoms with Gasteiger partial charge in [-0.25, -0.2) is 0 Å². The third kappa shape index (κ3) is 6.13. The Morgan fingerprint density at radius 2 is 2.00 bits per heavy atom. The van der Waals surface area contributed by atoms with E-state index >= 15 is 0 Å². The predicted molar refractivity (Wildman–Crippen MR) is 102 cm³/mol. The monoisotopic (exact) mass is 373 g/mol. The first-order valence-electron chi connectivity index (χ1n) is 9.12. The van der Waals surface area contributed by atoms with Crippen LogP contribution in [0.1, 0.15) is 11.1 Å². The number of aryl methyl sites for hydroxylation is 1. The zero-order valence-corrected chi connectivity index (χ0v) is 15.9. The zero-order valence-electron chi connectivity index (χ0n) is 15.9. The van der Waals surface area contributed by atoms with Gasteiger partial charge in [-0.3, -0.25) is 0 Å². The lowest BCUT2D eigenvalue weighted by Gasteiger charge is -2.20. The van der Waals surface area contributed by atoms with Gasteiger partial charge in [-0.1, -0.05) is 18.2 Å². The van der Waals surface area contributed by atoms with Gasteiger partial charge in [0.05, 0.1) is 19.3 Å². The molecule has 0 saturated heterocycles. The summed E-state index contributed by atoms with van der Waals surface area (Å²) < 4.78 is 22.0. The van der Waals surface area contributed by atoms with Crippen molar-refractivity contribution in [3.8, 4) is 17.2 Å². The quantitative estimate of drug-likeness (QED) is 0.691. The minimum Gasteiger partial charge on any atom is -0.492 e. The number of hydrogen-bond donors (Lipinski definition) is 1. The molecule has 1 aliphatic heterocycles. The van der Waals surface area contributed by atoms with E-state index in [0.29, 0.717) is 19.8 Å². The Hall–Kier alpha value is -2.28. The standard InChI is InChI=1S/C21H27NO5/c1-16-4-3-5-19(10-16)25-9-8-22(2)12-18(23)14-24-13-17-6-7-20-21(11-17)27-15-26-20/h3-7,10-11,18,23H,8-9,12-15H2,1-2H3/t18-/m1/s1. The summed E-state index contributed by atoms with van der Waals surface area (Å²) in [6.45, 7) is 4.83. The third-order valence-electron chi connectivity index (χ3n) is 4.27. The predicted octanol–water partition coefficient (Wildman–Crippen LogP) is 2.61. The van der Waals surface area contributed by atoms with Gasteiger partial charge >= 0.3 is 0 Å². The summed E-state index contributed by atoms with van der Waals surface area (Å²) in [5.74, 6) is 2.37. The number of fused-ring (bicyclic) bond motifs is 1. The van der Waals surface area contributed by atoms with E-state index in [2.05, 4.69) is 0 Å². The second kappa shape index (κ2) is 9.60. The molecule has 3 rings (SSSR count). The number of benzene rings is 2. The number of ether oxygens (including phenoxy) is 4. The van der Waals surface area contributed by atoms with Gasteiger partial charge in [0.2, 0.25) is 6.79 Å². The summed E-state index contributed by atoms with van der Waals surface area (Å²) in [4.78, 5) is 2.03. The first kappa shape index (κ1) is 19.5. The second-order valence-corrected chi connectivity index (χ2v) is 6.78. The molecule has 0 bridgehead atoms. The van der Waals surface area contributed by atoms with Crippen molar-refractivity contribution in [1.29, 1.82) is 0 Å². The molecule has 1 N–H and O–H groups in total. The van der Waals surface area contributed by atoms with E-state index in [-0.39, 0.29) is 13.4 Å². The van der Waals surface area contributed by atoms with Crippen molar-refractivity contribution in [1.82, 2.24) is 4.90 Å². The van der Waals surface area contributed by atoms with E-state index in [1.807, 2.05) is 61.3 Å². The highest BCUT2D eigenvalue weighted by molar-refractivity contribution is 5.44. The van der Waals surface area contributed by atoms with E-state index in [1.54, 1.807) is 0 Å². The van der Waals surface area contributed by atoms with Gasteiger partial charge in [-0.2, -0.15) is 0 Å². The van der Waals surface area contributed by atoms with Crippen molar-refractivity contribution in [3.05, 3.63) is 53.6 Å². The summed E-state index contributed by atoms with van der Waals surface area (Å²) in [6.07, 6.45) is -0.553. The average Bonchev–Trinajstić information content (AvgIpc) is 3.09. The molecule has 6 heteroatoms. The molecule has 1 aliphatic rings. The average molecular weight is 373 g/mol. The van der Waals surface area contributed by atoms with Gasteiger partial charge in [0.1, 0.15) is 12.4 Å². The molecule has 0 saturated carbocycles. The maximum Gasteiger partial charge on any atom is 0.231 e. The Bertz CT molecular complexity index is 736. The van der Waals surface area contributed by atoms with Crippen LogP contribution in [0.4, 0.5) is 0 Å². The highest BCUT2D eigenvalue weighted by Gasteiger charge is 2.14. The van der Waals surface area contributed by atoms with Crippen molar-refractivity contribution < 1.29 is 24.1 Å². The SMILES string of the molecule is Cc1cccc(OCCN(C)C[C@@H](O)COCc2ccc3c(c2)OCO3)c1. The molecule has 0 aromatic heterocycles. The molecule has 2 aromatic carbocycles. The third-order valence-corrected chi connectivity index (χ3v) is 4.27. The lowest BCUT2D eigenvalue weighted by atomic mass is 10.2. The Morgan fingerprint density at radius 1 is 1.15 bits per heavy atom. The van der Waals surface area contributed by atoms with Crippen LogP contribution in [0, 0.1) is 6.92 Å². The zero-order chi connectivity index (χ0) is 19.1. The highest BCUT2D eigenvalue weighted by Crippen LogP contribution is 2.32. The van der Waals surface area contributed by atoms with E-state index < -0.39 is 6.10 Å². The maximum atomic E-state index is 10.2. The molecule has 0 fully saturated rings. The normalized spacial score (nSPS) is 13.8. The molecule has 0 spiro atoms. The van der Waals surface area contributed by atoms with E-state index in [0.717, 1.165) is 29.4 Å². The molecule has 0 unspecified atom stereocenters. The molecule has 27 heavy (non-hydrogen) atoms. The molecule has 0 amide bonds. The molecule has 0 aliphatic carbocycles. The van der Waals surface area contributed by atoms with Crippen LogP contribution in [-0.2, 0) is 11.3 Å². The molecule has 6 nitrogen and oxygen atoms in total. The molecule has 0 radical (unpaired) electrons. The summed E-state index contributed by atoms with van der Waals surface area (Å²) in [5, 5.41) is 10.2. The number of nitrogens with zero attached hydrogens (tertiary/aromatic N) is 1. The number of hydrogen-bond acceptors (Lipinski definition) is 6. The lowest BCUT2D eigenvalue weighted by molar-refractivity contribution is 0.0123. The summed E-state index contributed by atoms with van der Waals surface area (Å²) in [7, 11) is 1.96. The first-order chi connectivity index (χ1) is 13.1. The maximum absolute atomic E-state index is 10.2. The van der Waals surface area contributed by atoms with Crippen molar-refractivity contribution in [2.45, 2.75) is 19.6 Å². The molecular weight excluding hydrogens is 346 g/mol. The lowest BCUT2D eigenvalue weighted by Crippen LogP contribution is -2.34. The smallest absolute Gasteiger partial charge is 0.231 e. The molecule has 1 atom stereocenters. The fourth-order valence-electron chi connectivity index (χ4n) is 2.87. The van der Waals surface area contributed by atoms with Gasteiger partial charge in [0.15, 0.2) is 11.5 Å². The van der Waals surface area contributed by atoms with Gasteiger partial charge in [0, 0.05) is 13.1 Å². The van der Waals surface area contributed by atoms with Crippen LogP contribution in [0.15, 0.2) is 42.5 Å². The Kier molecular flexibility index (Phi) is 6.92. The van der Waals surface area contributed by atoms with E-state index in [4.69, 9.17) is 18.9 Å². The van der Waals surface area contributed by atoms with Crippen molar-refractivity contribution in [2.75, 3.05) is 40.1 Å². The van der Waals surface area contributed by atoms with Crippen molar-refractivity contribution in [3.63, 3.8) is 0 Å². The number of rotatable bonds is 10. The Labute approximate surface area is 160 Å². The van der Waals surface area contributed by atoms with Crippen LogP contribution in [0.5, 0.6) is 17.2 Å². The summed E-state index contributed by atoms with van der Waals surface area (Å²) in [5.41, 5.74) is 2.17. The van der Waals surface area contributed by atoms with Crippen LogP contribution >= 0.6 is 0 Å². The number of aliphatic hydroxyl groups is 1. The van der Waals surface area contributed by atoms with Gasteiger partial charge in [-0.05, 0) is 49.4 Å². The molecular formula is C21H27NO5. The second-order valence-electron chi connectivity index (χ2n) is 6.78. The van der Waals surface area contributed by atoms with Gasteiger partial charge in [0.25, 0.3) is 0 Å². The van der Waals surface area contributed by atoms with E-state index in [9.17, 15) is 5.11 Å². The largest absolute Gasteiger partial charge is 0.492 e. The minimum absolute atomic E-state index is 0.262. The van der Waals surface area contributed by atoms with Crippen molar-refractivity contribution >= 4 is 0 Å². The van der Waals surface area contributed by atoms with Crippen LogP contribution in [-0.4, -0.2) is 56.3 Å². The van der Waals surface area contributed by atoms with E-state index in [1.165, 1.54) is 5.56 Å². The fourth-order valence-corrected chi connectivity index (χ4v) is 2.87. The summed E-state index contributed by atoms with van der Waals surface area (Å²) >= 11 is 0. The number of aliphatic hydroxyl groups excluding tert-OH is 1. The van der Waals surface area contributed by atoms with Crippen LogP contribution < -0.4 is 14.2 Å². The Morgan fingerprint density at radius 3 is 2.85 bits per heavy atom. The van der Waals surface area contributed by atoms with Crippen LogP contribution in [0.2, 0.25) is 0 Å². The van der Waals surface area contributed by atoms with Crippen LogP contribution in [0.3, 0.4) is 0 Å².